The van der Waals surface area contributed by atoms with Crippen molar-refractivity contribution < 1.29 is 5.11 Å². The molecule has 0 aliphatic heterocycles. The van der Waals surface area contributed by atoms with Gasteiger partial charge in [0.05, 0.1) is 16.7 Å². The summed E-state index contributed by atoms with van der Waals surface area (Å²) in [6, 6.07) is 9.05. The van der Waals surface area contributed by atoms with E-state index in [9.17, 15) is 5.11 Å². The Balaban J connectivity index is 2.04. The first-order chi connectivity index (χ1) is 9.17. The molecule has 0 amide bonds. The summed E-state index contributed by atoms with van der Waals surface area (Å²) in [6.07, 6.45) is 4.96. The maximum Gasteiger partial charge on any atom is 0.101 e. The number of hydrogen-bond donors (Lipinski definition) is 2. The second-order valence-corrected chi connectivity index (χ2v) is 5.12. The van der Waals surface area contributed by atoms with E-state index in [1.54, 1.807) is 18.2 Å². The van der Waals surface area contributed by atoms with Gasteiger partial charge in [-0.15, -0.1) is 0 Å². The third-order valence-corrected chi connectivity index (χ3v) is 3.67. The van der Waals surface area contributed by atoms with E-state index in [1.165, 1.54) is 6.42 Å². The third-order valence-electron chi connectivity index (χ3n) is 3.67. The van der Waals surface area contributed by atoms with Crippen molar-refractivity contribution >= 4 is 5.69 Å². The van der Waals surface area contributed by atoms with Gasteiger partial charge >= 0.3 is 0 Å². The standard InChI is InChI=1S/C15H17N3O/c16-9-12-4-5-14(8-13(12)10-17)18-11-15(19)6-2-1-3-7-15/h4-5,8,18-19H,1-3,6-7,11H2. The molecule has 1 aromatic carbocycles. The fourth-order valence-corrected chi connectivity index (χ4v) is 2.50. The van der Waals surface area contributed by atoms with Crippen molar-refractivity contribution in [3.63, 3.8) is 0 Å². The Labute approximate surface area is 113 Å². The summed E-state index contributed by atoms with van der Waals surface area (Å²) in [4.78, 5) is 0. The first-order valence-corrected chi connectivity index (χ1v) is 6.57. The van der Waals surface area contributed by atoms with Gasteiger partial charge in [0.25, 0.3) is 0 Å². The largest absolute Gasteiger partial charge is 0.388 e. The van der Waals surface area contributed by atoms with Crippen LogP contribution in [0, 0.1) is 22.7 Å². The maximum atomic E-state index is 10.4. The number of nitrogens with one attached hydrogen (secondary N) is 1. The van der Waals surface area contributed by atoms with E-state index in [-0.39, 0.29) is 0 Å². The van der Waals surface area contributed by atoms with Crippen LogP contribution in [0.2, 0.25) is 0 Å². The Hall–Kier alpha value is -2.04. The minimum Gasteiger partial charge on any atom is -0.388 e. The molecule has 98 valence electrons. The number of benzene rings is 1. The van der Waals surface area contributed by atoms with E-state index in [1.807, 2.05) is 12.1 Å². The number of nitrogens with zero attached hydrogens (tertiary/aromatic N) is 2. The van der Waals surface area contributed by atoms with Crippen LogP contribution < -0.4 is 5.32 Å². The highest BCUT2D eigenvalue weighted by atomic mass is 16.3. The quantitative estimate of drug-likeness (QED) is 0.869. The van der Waals surface area contributed by atoms with E-state index in [0.717, 1.165) is 31.4 Å². The van der Waals surface area contributed by atoms with Crippen molar-refractivity contribution in [1.29, 1.82) is 10.5 Å². The van der Waals surface area contributed by atoms with Crippen molar-refractivity contribution in [2.45, 2.75) is 37.7 Å². The molecule has 0 heterocycles. The Bertz CT molecular complexity index is 533. The molecule has 1 fully saturated rings. The van der Waals surface area contributed by atoms with Gasteiger partial charge in [-0.05, 0) is 31.0 Å². The highest BCUT2D eigenvalue weighted by Crippen LogP contribution is 2.28. The number of nitriles is 2. The zero-order valence-electron chi connectivity index (χ0n) is 10.8. The van der Waals surface area contributed by atoms with Gasteiger partial charge in [-0.25, -0.2) is 0 Å². The molecule has 0 aromatic heterocycles. The van der Waals surface area contributed by atoms with Crippen LogP contribution in [0.25, 0.3) is 0 Å². The molecule has 2 rings (SSSR count). The highest BCUT2D eigenvalue weighted by molar-refractivity contribution is 5.56. The summed E-state index contributed by atoms with van der Waals surface area (Å²) in [7, 11) is 0. The van der Waals surface area contributed by atoms with Crippen molar-refractivity contribution in [3.8, 4) is 12.1 Å². The van der Waals surface area contributed by atoms with Gasteiger partial charge in [0.2, 0.25) is 0 Å². The average Bonchev–Trinajstić information content (AvgIpc) is 2.45. The molecule has 4 nitrogen and oxygen atoms in total. The minimum atomic E-state index is -0.640. The van der Waals surface area contributed by atoms with E-state index in [0.29, 0.717) is 17.7 Å². The summed E-state index contributed by atoms with van der Waals surface area (Å²) in [5, 5.41) is 31.4. The van der Waals surface area contributed by atoms with E-state index < -0.39 is 5.60 Å². The molecule has 0 spiro atoms. The Morgan fingerprint density at radius 1 is 1.11 bits per heavy atom. The fraction of sp³-hybridized carbons (Fsp3) is 0.467. The predicted octanol–water partition coefficient (Wildman–Crippen LogP) is 2.54. The van der Waals surface area contributed by atoms with Crippen LogP contribution in [-0.4, -0.2) is 17.3 Å². The van der Waals surface area contributed by atoms with Gasteiger partial charge in [0.1, 0.15) is 12.1 Å². The monoisotopic (exact) mass is 255 g/mol. The van der Waals surface area contributed by atoms with Crippen LogP contribution in [-0.2, 0) is 0 Å². The first kappa shape index (κ1) is 13.4. The fourth-order valence-electron chi connectivity index (χ4n) is 2.50. The Morgan fingerprint density at radius 2 is 1.79 bits per heavy atom. The predicted molar refractivity (Wildman–Crippen MR) is 72.4 cm³/mol. The van der Waals surface area contributed by atoms with Gasteiger partial charge < -0.3 is 10.4 Å². The first-order valence-electron chi connectivity index (χ1n) is 6.57. The number of rotatable bonds is 3. The van der Waals surface area contributed by atoms with Crippen LogP contribution >= 0.6 is 0 Å². The van der Waals surface area contributed by atoms with Gasteiger partial charge in [-0.2, -0.15) is 10.5 Å². The van der Waals surface area contributed by atoms with Crippen molar-refractivity contribution in [3.05, 3.63) is 29.3 Å². The lowest BCUT2D eigenvalue weighted by Gasteiger charge is -2.32. The lowest BCUT2D eigenvalue weighted by Crippen LogP contribution is -2.38. The van der Waals surface area contributed by atoms with Gasteiger partial charge in [-0.3, -0.25) is 0 Å². The maximum absolute atomic E-state index is 10.4. The normalized spacial score (nSPS) is 17.2. The van der Waals surface area contributed by atoms with Crippen molar-refractivity contribution in [1.82, 2.24) is 0 Å². The van der Waals surface area contributed by atoms with Gasteiger partial charge in [-0.1, -0.05) is 19.3 Å². The van der Waals surface area contributed by atoms with E-state index >= 15 is 0 Å². The van der Waals surface area contributed by atoms with Crippen molar-refractivity contribution in [2.24, 2.45) is 0 Å². The Kier molecular flexibility index (Phi) is 4.04. The zero-order valence-corrected chi connectivity index (χ0v) is 10.8. The Morgan fingerprint density at radius 3 is 2.42 bits per heavy atom. The molecule has 0 bridgehead atoms. The average molecular weight is 255 g/mol. The molecule has 2 N–H and O–H groups in total. The SMILES string of the molecule is N#Cc1ccc(NCC2(O)CCCCC2)cc1C#N. The molecule has 1 aliphatic rings. The second kappa shape index (κ2) is 5.73. The van der Waals surface area contributed by atoms with E-state index in [2.05, 4.69) is 5.32 Å². The lowest BCUT2D eigenvalue weighted by molar-refractivity contribution is 0.0167. The third kappa shape index (κ3) is 3.24. The number of hydrogen-bond acceptors (Lipinski definition) is 4. The minimum absolute atomic E-state index is 0.364. The molecule has 0 atom stereocenters. The van der Waals surface area contributed by atoms with Gasteiger partial charge in [0, 0.05) is 12.2 Å². The highest BCUT2D eigenvalue weighted by Gasteiger charge is 2.28. The molecule has 0 saturated heterocycles. The summed E-state index contributed by atoms with van der Waals surface area (Å²) in [6.45, 7) is 0.490. The molecule has 4 heteroatoms. The zero-order chi connectivity index (χ0) is 13.7. The molecule has 0 radical (unpaired) electrons. The lowest BCUT2D eigenvalue weighted by atomic mass is 9.85. The van der Waals surface area contributed by atoms with E-state index in [4.69, 9.17) is 10.5 Å². The summed E-state index contributed by atoms with van der Waals surface area (Å²) >= 11 is 0. The molecule has 0 unspecified atom stereocenters. The molecule has 1 aliphatic carbocycles. The summed E-state index contributed by atoms with van der Waals surface area (Å²) in [5.41, 5.74) is 0.876. The van der Waals surface area contributed by atoms with Crippen LogP contribution in [0.3, 0.4) is 0 Å². The van der Waals surface area contributed by atoms with Crippen LogP contribution in [0.1, 0.15) is 43.2 Å². The van der Waals surface area contributed by atoms with Crippen LogP contribution in [0.15, 0.2) is 18.2 Å². The number of aliphatic hydroxyl groups is 1. The molecule has 1 aromatic rings. The topological polar surface area (TPSA) is 79.8 Å². The van der Waals surface area contributed by atoms with Crippen LogP contribution in [0.5, 0.6) is 0 Å². The number of anilines is 1. The molecule has 1 saturated carbocycles. The summed E-state index contributed by atoms with van der Waals surface area (Å²) in [5.74, 6) is 0. The van der Waals surface area contributed by atoms with Crippen LogP contribution in [0.4, 0.5) is 5.69 Å². The second-order valence-electron chi connectivity index (χ2n) is 5.12. The van der Waals surface area contributed by atoms with Crippen molar-refractivity contribution in [2.75, 3.05) is 11.9 Å². The molecule has 19 heavy (non-hydrogen) atoms. The van der Waals surface area contributed by atoms with Gasteiger partial charge in [0.15, 0.2) is 0 Å². The molecular weight excluding hydrogens is 238 g/mol. The summed E-state index contributed by atoms with van der Waals surface area (Å²) < 4.78 is 0. The molecular formula is C15H17N3O. The smallest absolute Gasteiger partial charge is 0.101 e.